The Hall–Kier alpha value is -4.49. The van der Waals surface area contributed by atoms with E-state index in [0.717, 1.165) is 34.0 Å². The van der Waals surface area contributed by atoms with Gasteiger partial charge in [-0.2, -0.15) is 0 Å². The number of nitrogens with zero attached hydrogens (tertiary/aromatic N) is 3. The fourth-order valence-electron chi connectivity index (χ4n) is 5.31. The fourth-order valence-corrected chi connectivity index (χ4v) is 5.65. The summed E-state index contributed by atoms with van der Waals surface area (Å²) in [6.07, 6.45) is 4.35. The summed E-state index contributed by atoms with van der Waals surface area (Å²) in [6.45, 7) is 3.85. The number of thiocarbonyl (C=S) groups is 1. The van der Waals surface area contributed by atoms with Gasteiger partial charge in [0, 0.05) is 41.6 Å². The summed E-state index contributed by atoms with van der Waals surface area (Å²) in [4.78, 5) is 18.9. The van der Waals surface area contributed by atoms with E-state index in [-0.39, 0.29) is 18.0 Å². The highest BCUT2D eigenvalue weighted by Gasteiger charge is 2.42. The third kappa shape index (κ3) is 4.66. The standard InChI is InChI=1S/C32H29N5OS/c1-3-29(38)34-26-16-15-25(19-21(26)2)37-31(30(35-32(37)39)27-11-6-7-17-33-27)28-12-8-18-36(28)24-14-13-22-9-4-5-10-23(22)20-24/h4-20,30-31H,3H2,1-2H3,(H,34,38)(H,35,39). The number of fused-ring (bicyclic) bond motifs is 1. The maximum Gasteiger partial charge on any atom is 0.224 e. The Bertz CT molecular complexity index is 1680. The van der Waals surface area contributed by atoms with E-state index in [1.54, 1.807) is 0 Å². The molecule has 1 aliphatic rings. The molecule has 7 heteroatoms. The minimum absolute atomic E-state index is 0.00878. The number of aryl methyl sites for hydroxylation is 1. The quantitative estimate of drug-likeness (QED) is 0.234. The predicted molar refractivity (Wildman–Crippen MR) is 161 cm³/mol. The van der Waals surface area contributed by atoms with Crippen LogP contribution in [-0.4, -0.2) is 20.6 Å². The van der Waals surface area contributed by atoms with E-state index < -0.39 is 0 Å². The third-order valence-corrected chi connectivity index (χ3v) is 7.59. The molecule has 3 heterocycles. The molecule has 1 amide bonds. The Morgan fingerprint density at radius 3 is 2.51 bits per heavy atom. The summed E-state index contributed by atoms with van der Waals surface area (Å²) in [5, 5.41) is 9.57. The number of amides is 1. The number of hydrogen-bond donors (Lipinski definition) is 2. The van der Waals surface area contributed by atoms with Gasteiger partial charge >= 0.3 is 0 Å². The van der Waals surface area contributed by atoms with Crippen LogP contribution in [0, 0.1) is 6.92 Å². The maximum absolute atomic E-state index is 12.0. The van der Waals surface area contributed by atoms with Gasteiger partial charge in [0.05, 0.1) is 11.7 Å². The van der Waals surface area contributed by atoms with Crippen molar-refractivity contribution in [1.82, 2.24) is 14.9 Å². The second kappa shape index (κ2) is 10.3. The first kappa shape index (κ1) is 24.8. The Kier molecular flexibility index (Phi) is 6.59. The highest BCUT2D eigenvalue weighted by Crippen LogP contribution is 2.43. The first-order chi connectivity index (χ1) is 19.0. The molecule has 2 N–H and O–H groups in total. The molecule has 1 fully saturated rings. The number of pyridine rings is 1. The van der Waals surface area contributed by atoms with Crippen LogP contribution < -0.4 is 15.5 Å². The molecule has 6 rings (SSSR count). The molecule has 0 radical (unpaired) electrons. The molecule has 1 aliphatic heterocycles. The zero-order valence-corrected chi connectivity index (χ0v) is 22.7. The largest absolute Gasteiger partial charge is 0.351 e. The normalized spacial score (nSPS) is 16.9. The summed E-state index contributed by atoms with van der Waals surface area (Å²) in [5.41, 5.74) is 5.83. The van der Waals surface area contributed by atoms with Crippen molar-refractivity contribution in [2.24, 2.45) is 0 Å². The van der Waals surface area contributed by atoms with Crippen LogP contribution in [0.1, 0.15) is 42.4 Å². The van der Waals surface area contributed by atoms with Crippen LogP contribution in [0.2, 0.25) is 0 Å². The molecule has 2 unspecified atom stereocenters. The van der Waals surface area contributed by atoms with Gasteiger partial charge in [-0.3, -0.25) is 9.78 Å². The van der Waals surface area contributed by atoms with Gasteiger partial charge < -0.3 is 20.1 Å². The van der Waals surface area contributed by atoms with Crippen molar-refractivity contribution in [3.05, 3.63) is 120 Å². The lowest BCUT2D eigenvalue weighted by molar-refractivity contribution is -0.115. The van der Waals surface area contributed by atoms with Gasteiger partial charge in [-0.05, 0) is 90.1 Å². The number of carbonyl (C=O) groups excluding carboxylic acids is 1. The van der Waals surface area contributed by atoms with Crippen molar-refractivity contribution < 1.29 is 4.79 Å². The fraction of sp³-hybridized carbons (Fsp3) is 0.156. The maximum atomic E-state index is 12.0. The minimum atomic E-state index is -0.163. The zero-order chi connectivity index (χ0) is 26.9. The predicted octanol–water partition coefficient (Wildman–Crippen LogP) is 6.86. The van der Waals surface area contributed by atoms with Gasteiger partial charge in [-0.1, -0.05) is 43.3 Å². The minimum Gasteiger partial charge on any atom is -0.351 e. The lowest BCUT2D eigenvalue weighted by Crippen LogP contribution is -2.30. The van der Waals surface area contributed by atoms with E-state index in [1.165, 1.54) is 10.8 Å². The molecular weight excluding hydrogens is 502 g/mol. The van der Waals surface area contributed by atoms with E-state index in [9.17, 15) is 4.79 Å². The van der Waals surface area contributed by atoms with Crippen molar-refractivity contribution in [3.63, 3.8) is 0 Å². The van der Waals surface area contributed by atoms with Gasteiger partial charge in [-0.25, -0.2) is 0 Å². The average Bonchev–Trinajstić information content (AvgIpc) is 3.58. The molecule has 2 atom stereocenters. The van der Waals surface area contributed by atoms with Crippen LogP contribution in [-0.2, 0) is 4.79 Å². The Morgan fingerprint density at radius 1 is 0.949 bits per heavy atom. The number of carbonyl (C=O) groups is 1. The Labute approximate surface area is 233 Å². The van der Waals surface area contributed by atoms with Gasteiger partial charge in [0.1, 0.15) is 6.04 Å². The summed E-state index contributed by atoms with van der Waals surface area (Å²) in [7, 11) is 0. The monoisotopic (exact) mass is 531 g/mol. The summed E-state index contributed by atoms with van der Waals surface area (Å²) >= 11 is 5.95. The number of nitrogens with one attached hydrogen (secondary N) is 2. The number of hydrogen-bond acceptors (Lipinski definition) is 3. The summed E-state index contributed by atoms with van der Waals surface area (Å²) < 4.78 is 2.23. The van der Waals surface area contributed by atoms with E-state index >= 15 is 0 Å². The molecular formula is C32H29N5OS. The number of rotatable bonds is 6. The van der Waals surface area contributed by atoms with E-state index in [0.29, 0.717) is 11.5 Å². The molecule has 1 saturated heterocycles. The van der Waals surface area contributed by atoms with E-state index in [4.69, 9.17) is 17.2 Å². The van der Waals surface area contributed by atoms with Crippen LogP contribution in [0.15, 0.2) is 103 Å². The molecule has 0 spiro atoms. The Morgan fingerprint density at radius 2 is 1.74 bits per heavy atom. The van der Waals surface area contributed by atoms with Gasteiger partial charge in [0.2, 0.25) is 5.91 Å². The van der Waals surface area contributed by atoms with Gasteiger partial charge in [0.25, 0.3) is 0 Å². The Balaban J connectivity index is 1.46. The SMILES string of the molecule is CCC(=O)Nc1ccc(N2C(=S)NC(c3ccccn3)C2c2cccn2-c2ccc3ccccc3c2)cc1C. The third-order valence-electron chi connectivity index (χ3n) is 7.28. The number of anilines is 2. The van der Waals surface area contributed by atoms with E-state index in [1.807, 2.05) is 50.4 Å². The van der Waals surface area contributed by atoms with Gasteiger partial charge in [0.15, 0.2) is 5.11 Å². The van der Waals surface area contributed by atoms with Crippen molar-refractivity contribution in [2.45, 2.75) is 32.4 Å². The highest BCUT2D eigenvalue weighted by molar-refractivity contribution is 7.80. The molecule has 194 valence electrons. The number of aromatic nitrogens is 2. The van der Waals surface area contributed by atoms with Crippen molar-refractivity contribution in [3.8, 4) is 5.69 Å². The number of benzene rings is 3. The first-order valence-corrected chi connectivity index (χ1v) is 13.5. The van der Waals surface area contributed by atoms with Crippen molar-refractivity contribution in [1.29, 1.82) is 0 Å². The summed E-state index contributed by atoms with van der Waals surface area (Å²) in [5.74, 6) is -0.00878. The summed E-state index contributed by atoms with van der Waals surface area (Å²) in [6, 6.07) is 30.8. The van der Waals surface area contributed by atoms with Crippen LogP contribution in [0.4, 0.5) is 11.4 Å². The highest BCUT2D eigenvalue weighted by atomic mass is 32.1. The topological polar surface area (TPSA) is 62.2 Å². The van der Waals surface area contributed by atoms with Crippen LogP contribution >= 0.6 is 12.2 Å². The smallest absolute Gasteiger partial charge is 0.224 e. The molecule has 6 nitrogen and oxygen atoms in total. The van der Waals surface area contributed by atoms with Crippen LogP contribution in [0.3, 0.4) is 0 Å². The van der Waals surface area contributed by atoms with Crippen molar-refractivity contribution >= 4 is 45.4 Å². The molecule has 2 aromatic heterocycles. The van der Waals surface area contributed by atoms with Crippen LogP contribution in [0.25, 0.3) is 16.5 Å². The molecule has 3 aromatic carbocycles. The molecule has 0 saturated carbocycles. The second-order valence-corrected chi connectivity index (χ2v) is 10.1. The average molecular weight is 532 g/mol. The molecule has 39 heavy (non-hydrogen) atoms. The first-order valence-electron chi connectivity index (χ1n) is 13.1. The van der Waals surface area contributed by atoms with Gasteiger partial charge in [-0.15, -0.1) is 0 Å². The van der Waals surface area contributed by atoms with Crippen LogP contribution in [0.5, 0.6) is 0 Å². The lowest BCUT2D eigenvalue weighted by Gasteiger charge is -2.29. The lowest BCUT2D eigenvalue weighted by atomic mass is 10.00. The molecule has 0 bridgehead atoms. The second-order valence-electron chi connectivity index (χ2n) is 9.73. The van der Waals surface area contributed by atoms with E-state index in [2.05, 4.69) is 87.0 Å². The van der Waals surface area contributed by atoms with Crippen molar-refractivity contribution in [2.75, 3.05) is 10.2 Å². The molecule has 5 aromatic rings. The molecule has 0 aliphatic carbocycles. The zero-order valence-electron chi connectivity index (χ0n) is 21.8.